The Hall–Kier alpha value is -3.02. The zero-order valence-electron chi connectivity index (χ0n) is 14.5. The van der Waals surface area contributed by atoms with Crippen LogP contribution in [0.5, 0.6) is 5.75 Å². The van der Waals surface area contributed by atoms with E-state index < -0.39 is 0 Å². The van der Waals surface area contributed by atoms with Gasteiger partial charge in [-0.3, -0.25) is 0 Å². The molecule has 1 aromatic heterocycles. The second kappa shape index (κ2) is 7.70. The largest absolute Gasteiger partial charge is 0.508 e. The fourth-order valence-electron chi connectivity index (χ4n) is 2.94. The molecule has 6 heteroatoms. The van der Waals surface area contributed by atoms with E-state index in [9.17, 15) is 5.11 Å². The molecular formula is C19H23N5O. The van der Waals surface area contributed by atoms with Crippen molar-refractivity contribution in [2.45, 2.75) is 19.9 Å². The molecule has 0 aliphatic heterocycles. The minimum atomic E-state index is -0.219. The normalized spacial score (nSPS) is 11.9. The SMILES string of the molecule is CCN(CC)c1ccc([C@@H](Nn2cnnc2)c2ccccc2O)cc1. The highest BCUT2D eigenvalue weighted by molar-refractivity contribution is 5.50. The van der Waals surface area contributed by atoms with Crippen LogP contribution in [0, 0.1) is 0 Å². The van der Waals surface area contributed by atoms with Crippen LogP contribution in [0.4, 0.5) is 5.69 Å². The van der Waals surface area contributed by atoms with Gasteiger partial charge in [-0.25, -0.2) is 4.68 Å². The maximum absolute atomic E-state index is 10.3. The third-order valence-corrected chi connectivity index (χ3v) is 4.30. The van der Waals surface area contributed by atoms with Crippen molar-refractivity contribution in [3.05, 3.63) is 72.3 Å². The summed E-state index contributed by atoms with van der Waals surface area (Å²) in [4.78, 5) is 2.30. The van der Waals surface area contributed by atoms with Crippen molar-refractivity contribution < 1.29 is 5.11 Å². The molecule has 0 amide bonds. The quantitative estimate of drug-likeness (QED) is 0.693. The van der Waals surface area contributed by atoms with Crippen molar-refractivity contribution in [2.75, 3.05) is 23.4 Å². The number of nitrogens with zero attached hydrogens (tertiary/aromatic N) is 4. The number of hydrogen-bond acceptors (Lipinski definition) is 5. The molecule has 2 aromatic carbocycles. The second-order valence-corrected chi connectivity index (χ2v) is 5.75. The predicted molar refractivity (Wildman–Crippen MR) is 99.3 cm³/mol. The molecule has 130 valence electrons. The van der Waals surface area contributed by atoms with Crippen LogP contribution in [0.15, 0.2) is 61.2 Å². The van der Waals surface area contributed by atoms with E-state index >= 15 is 0 Å². The molecular weight excluding hydrogens is 314 g/mol. The Morgan fingerprint density at radius 3 is 2.24 bits per heavy atom. The van der Waals surface area contributed by atoms with Crippen molar-refractivity contribution in [1.82, 2.24) is 14.9 Å². The molecule has 0 bridgehead atoms. The monoisotopic (exact) mass is 337 g/mol. The van der Waals surface area contributed by atoms with Crippen molar-refractivity contribution >= 4 is 5.69 Å². The first kappa shape index (κ1) is 16.8. The van der Waals surface area contributed by atoms with Gasteiger partial charge in [0, 0.05) is 24.3 Å². The topological polar surface area (TPSA) is 66.2 Å². The Morgan fingerprint density at radius 2 is 1.64 bits per heavy atom. The van der Waals surface area contributed by atoms with E-state index in [4.69, 9.17) is 0 Å². The molecule has 0 unspecified atom stereocenters. The maximum atomic E-state index is 10.3. The number of benzene rings is 2. The number of aromatic nitrogens is 3. The first-order valence-electron chi connectivity index (χ1n) is 8.47. The van der Waals surface area contributed by atoms with Gasteiger partial charge in [0.2, 0.25) is 0 Å². The molecule has 0 fully saturated rings. The van der Waals surface area contributed by atoms with Gasteiger partial charge in [-0.1, -0.05) is 30.3 Å². The average molecular weight is 337 g/mol. The summed E-state index contributed by atoms with van der Waals surface area (Å²) < 4.78 is 1.69. The third kappa shape index (κ3) is 3.74. The van der Waals surface area contributed by atoms with Crippen molar-refractivity contribution in [3.8, 4) is 5.75 Å². The Balaban J connectivity index is 1.95. The summed E-state index contributed by atoms with van der Waals surface area (Å²) in [5.41, 5.74) is 6.36. The maximum Gasteiger partial charge on any atom is 0.138 e. The third-order valence-electron chi connectivity index (χ3n) is 4.30. The molecule has 0 spiro atoms. The van der Waals surface area contributed by atoms with E-state index in [-0.39, 0.29) is 11.8 Å². The lowest BCUT2D eigenvalue weighted by Gasteiger charge is -2.24. The molecule has 0 saturated carbocycles. The van der Waals surface area contributed by atoms with Crippen LogP contribution in [0.1, 0.15) is 31.0 Å². The first-order chi connectivity index (χ1) is 12.2. The highest BCUT2D eigenvalue weighted by Gasteiger charge is 2.18. The lowest BCUT2D eigenvalue weighted by Crippen LogP contribution is -2.23. The number of hydrogen-bond donors (Lipinski definition) is 2. The average Bonchev–Trinajstić information content (AvgIpc) is 3.15. The minimum Gasteiger partial charge on any atom is -0.508 e. The molecule has 25 heavy (non-hydrogen) atoms. The van der Waals surface area contributed by atoms with Gasteiger partial charge in [0.25, 0.3) is 0 Å². The molecule has 1 atom stereocenters. The van der Waals surface area contributed by atoms with E-state index in [0.717, 1.165) is 24.2 Å². The number of rotatable bonds is 7. The van der Waals surface area contributed by atoms with Crippen LogP contribution in [-0.4, -0.2) is 33.1 Å². The Labute approximate surface area is 147 Å². The highest BCUT2D eigenvalue weighted by atomic mass is 16.3. The molecule has 0 aliphatic carbocycles. The van der Waals surface area contributed by atoms with Crippen molar-refractivity contribution in [3.63, 3.8) is 0 Å². The van der Waals surface area contributed by atoms with Gasteiger partial charge < -0.3 is 15.4 Å². The Kier molecular flexibility index (Phi) is 5.18. The van der Waals surface area contributed by atoms with Crippen LogP contribution in [-0.2, 0) is 0 Å². The number of aromatic hydroxyl groups is 1. The van der Waals surface area contributed by atoms with Crippen LogP contribution < -0.4 is 10.3 Å². The smallest absolute Gasteiger partial charge is 0.138 e. The van der Waals surface area contributed by atoms with E-state index in [1.54, 1.807) is 23.4 Å². The van der Waals surface area contributed by atoms with Crippen LogP contribution >= 0.6 is 0 Å². The number of nitrogens with one attached hydrogen (secondary N) is 1. The number of phenols is 1. The van der Waals surface area contributed by atoms with Crippen LogP contribution in [0.25, 0.3) is 0 Å². The fourth-order valence-corrected chi connectivity index (χ4v) is 2.94. The summed E-state index contributed by atoms with van der Waals surface area (Å²) in [7, 11) is 0. The van der Waals surface area contributed by atoms with E-state index in [1.165, 1.54) is 5.69 Å². The van der Waals surface area contributed by atoms with E-state index in [1.807, 2.05) is 18.2 Å². The lowest BCUT2D eigenvalue weighted by atomic mass is 9.98. The van der Waals surface area contributed by atoms with Crippen LogP contribution in [0.2, 0.25) is 0 Å². The zero-order valence-corrected chi connectivity index (χ0v) is 14.5. The molecule has 2 N–H and O–H groups in total. The predicted octanol–water partition coefficient (Wildman–Crippen LogP) is 3.16. The van der Waals surface area contributed by atoms with Gasteiger partial charge >= 0.3 is 0 Å². The zero-order chi connectivity index (χ0) is 17.6. The second-order valence-electron chi connectivity index (χ2n) is 5.75. The summed E-state index contributed by atoms with van der Waals surface area (Å²) in [6.45, 7) is 6.24. The number of phenolic OH excluding ortho intramolecular Hbond substituents is 1. The van der Waals surface area contributed by atoms with Gasteiger partial charge in [-0.05, 0) is 37.6 Å². The molecule has 1 heterocycles. The fraction of sp³-hybridized carbons (Fsp3) is 0.263. The summed E-state index contributed by atoms with van der Waals surface area (Å²) in [5, 5.41) is 18.0. The molecule has 3 aromatic rings. The van der Waals surface area contributed by atoms with Crippen molar-refractivity contribution in [2.24, 2.45) is 0 Å². The van der Waals surface area contributed by atoms with Gasteiger partial charge in [0.05, 0.1) is 6.04 Å². The van der Waals surface area contributed by atoms with E-state index in [0.29, 0.717) is 0 Å². The van der Waals surface area contributed by atoms with Gasteiger partial charge in [0.1, 0.15) is 18.4 Å². The van der Waals surface area contributed by atoms with Gasteiger partial charge in [-0.2, -0.15) is 0 Å². The summed E-state index contributed by atoms with van der Waals surface area (Å²) in [5.74, 6) is 0.251. The molecule has 0 saturated heterocycles. The summed E-state index contributed by atoms with van der Waals surface area (Å²) in [6.07, 6.45) is 3.19. The van der Waals surface area contributed by atoms with E-state index in [2.05, 4.69) is 58.6 Å². The minimum absolute atomic E-state index is 0.219. The van der Waals surface area contributed by atoms with Crippen molar-refractivity contribution in [1.29, 1.82) is 0 Å². The van der Waals surface area contributed by atoms with Gasteiger partial charge in [-0.15, -0.1) is 10.2 Å². The number of anilines is 1. The lowest BCUT2D eigenvalue weighted by molar-refractivity contribution is 0.465. The molecule has 0 radical (unpaired) electrons. The Morgan fingerprint density at radius 1 is 1.00 bits per heavy atom. The van der Waals surface area contributed by atoms with Crippen LogP contribution in [0.3, 0.4) is 0 Å². The van der Waals surface area contributed by atoms with Gasteiger partial charge in [0.15, 0.2) is 0 Å². The summed E-state index contributed by atoms with van der Waals surface area (Å²) >= 11 is 0. The highest BCUT2D eigenvalue weighted by Crippen LogP contribution is 2.31. The molecule has 3 rings (SSSR count). The molecule has 0 aliphatic rings. The molecule has 6 nitrogen and oxygen atoms in total. The number of para-hydroxylation sites is 1. The Bertz CT molecular complexity index is 782. The summed E-state index contributed by atoms with van der Waals surface area (Å²) in [6, 6.07) is 15.5. The first-order valence-corrected chi connectivity index (χ1v) is 8.47. The standard InChI is InChI=1S/C19H23N5O/c1-3-23(4-2)16-11-9-15(10-12-16)19(22-24-13-20-21-14-24)17-7-5-6-8-18(17)25/h5-14,19,22,25H,3-4H2,1-2H3/t19-/m1/s1.